The Hall–Kier alpha value is -1.63. The number of rotatable bonds is 4. The highest BCUT2D eigenvalue weighted by Crippen LogP contribution is 2.33. The highest BCUT2D eigenvalue weighted by atomic mass is 79.9. The number of hydrogen-bond acceptors (Lipinski definition) is 5. The van der Waals surface area contributed by atoms with Gasteiger partial charge in [0.15, 0.2) is 0 Å². The van der Waals surface area contributed by atoms with Crippen LogP contribution in [0.2, 0.25) is 0 Å². The van der Waals surface area contributed by atoms with Crippen LogP contribution < -0.4 is 4.74 Å². The van der Waals surface area contributed by atoms with E-state index in [1.165, 1.54) is 13.3 Å². The van der Waals surface area contributed by atoms with Gasteiger partial charge in [0.2, 0.25) is 5.88 Å². The molecule has 0 radical (unpaired) electrons. The average molecular weight is 302 g/mol. The molecule has 1 heterocycles. The van der Waals surface area contributed by atoms with Gasteiger partial charge in [0.25, 0.3) is 5.69 Å². The molecular weight excluding hydrogens is 290 g/mol. The van der Waals surface area contributed by atoms with Crippen molar-refractivity contribution in [1.82, 2.24) is 9.88 Å². The van der Waals surface area contributed by atoms with Crippen LogP contribution in [0.5, 0.6) is 5.88 Å². The molecule has 0 fully saturated rings. The molecule has 7 heteroatoms. The van der Waals surface area contributed by atoms with Crippen molar-refractivity contribution in [2.24, 2.45) is 0 Å². The van der Waals surface area contributed by atoms with Crippen molar-refractivity contribution in [3.63, 3.8) is 0 Å². The smallest absolute Gasteiger partial charge is 0.296 e. The predicted molar refractivity (Wildman–Crippen MR) is 67.9 cm³/mol. The minimum absolute atomic E-state index is 0.0734. The second-order valence-electron chi connectivity index (χ2n) is 3.42. The minimum Gasteiger partial charge on any atom is -0.480 e. The van der Waals surface area contributed by atoms with E-state index in [9.17, 15) is 10.1 Å². The van der Waals surface area contributed by atoms with E-state index in [0.717, 1.165) is 0 Å². The highest BCUT2D eigenvalue weighted by molar-refractivity contribution is 9.10. The lowest BCUT2D eigenvalue weighted by molar-refractivity contribution is -0.385. The van der Waals surface area contributed by atoms with Crippen LogP contribution in [0, 0.1) is 10.1 Å². The van der Waals surface area contributed by atoms with Crippen LogP contribution in [0.25, 0.3) is 6.08 Å². The van der Waals surface area contributed by atoms with Gasteiger partial charge in [-0.05, 0) is 28.2 Å². The third kappa shape index (κ3) is 3.16. The van der Waals surface area contributed by atoms with Gasteiger partial charge in [-0.2, -0.15) is 0 Å². The summed E-state index contributed by atoms with van der Waals surface area (Å²) in [6, 6.07) is 0. The summed E-state index contributed by atoms with van der Waals surface area (Å²) < 4.78 is 5.46. The van der Waals surface area contributed by atoms with Crippen LogP contribution in [0.3, 0.4) is 0 Å². The van der Waals surface area contributed by atoms with Crippen molar-refractivity contribution >= 4 is 27.7 Å². The van der Waals surface area contributed by atoms with Gasteiger partial charge in [0, 0.05) is 14.1 Å². The monoisotopic (exact) mass is 301 g/mol. The molecule has 17 heavy (non-hydrogen) atoms. The van der Waals surface area contributed by atoms with Crippen LogP contribution in [0.1, 0.15) is 5.56 Å². The number of methoxy groups -OCH3 is 1. The minimum atomic E-state index is -0.480. The predicted octanol–water partition coefficient (Wildman–Crippen LogP) is 2.29. The quantitative estimate of drug-likeness (QED) is 0.630. The molecule has 0 spiro atoms. The summed E-state index contributed by atoms with van der Waals surface area (Å²) in [6.45, 7) is 0. The lowest BCUT2D eigenvalue weighted by Crippen LogP contribution is -2.01. The van der Waals surface area contributed by atoms with Crippen LogP contribution >= 0.6 is 15.9 Å². The summed E-state index contributed by atoms with van der Waals surface area (Å²) in [6.07, 6.45) is 4.53. The first-order valence-electron chi connectivity index (χ1n) is 4.69. The number of aromatic nitrogens is 1. The second kappa shape index (κ2) is 5.62. The van der Waals surface area contributed by atoms with Gasteiger partial charge in [-0.3, -0.25) is 10.1 Å². The van der Waals surface area contributed by atoms with E-state index in [2.05, 4.69) is 20.9 Å². The molecule has 0 aliphatic rings. The van der Waals surface area contributed by atoms with Crippen LogP contribution in [-0.4, -0.2) is 36.0 Å². The van der Waals surface area contributed by atoms with Crippen molar-refractivity contribution in [2.45, 2.75) is 0 Å². The van der Waals surface area contributed by atoms with Crippen molar-refractivity contribution in [3.8, 4) is 5.88 Å². The molecule has 0 N–H and O–H groups in total. The molecule has 0 bridgehead atoms. The maximum absolute atomic E-state index is 10.9. The first-order valence-corrected chi connectivity index (χ1v) is 5.48. The lowest BCUT2D eigenvalue weighted by Gasteiger charge is -2.07. The standard InChI is InChI=1S/C10H12BrN3O3/c1-13(2)5-4-7-8(14(15)16)6-12-10(17-3)9(7)11/h4-6H,1-3H3/b5-4+. The number of nitro groups is 1. The Bertz CT molecular complexity index is 460. The molecule has 6 nitrogen and oxygen atoms in total. The molecule has 0 atom stereocenters. The van der Waals surface area contributed by atoms with Gasteiger partial charge in [0.1, 0.15) is 6.20 Å². The molecule has 0 aliphatic heterocycles. The zero-order valence-electron chi connectivity index (χ0n) is 9.68. The van der Waals surface area contributed by atoms with Crippen molar-refractivity contribution in [1.29, 1.82) is 0 Å². The van der Waals surface area contributed by atoms with Gasteiger partial charge in [-0.25, -0.2) is 4.98 Å². The summed E-state index contributed by atoms with van der Waals surface area (Å²) >= 11 is 3.25. The maximum Gasteiger partial charge on any atom is 0.296 e. The van der Waals surface area contributed by atoms with Gasteiger partial charge in [-0.1, -0.05) is 0 Å². The van der Waals surface area contributed by atoms with E-state index in [0.29, 0.717) is 15.9 Å². The fraction of sp³-hybridized carbons (Fsp3) is 0.300. The molecule has 0 aromatic carbocycles. The third-order valence-electron chi connectivity index (χ3n) is 1.93. The van der Waals surface area contributed by atoms with Crippen LogP contribution in [0.4, 0.5) is 5.69 Å². The number of nitrogens with zero attached hydrogens (tertiary/aromatic N) is 3. The number of pyridine rings is 1. The first-order chi connectivity index (χ1) is 7.97. The summed E-state index contributed by atoms with van der Waals surface area (Å²) in [4.78, 5) is 16.0. The summed E-state index contributed by atoms with van der Waals surface area (Å²) in [7, 11) is 5.11. The number of halogens is 1. The molecule has 0 saturated heterocycles. The Morgan fingerprint density at radius 2 is 2.24 bits per heavy atom. The first kappa shape index (κ1) is 13.4. The van der Waals surface area contributed by atoms with E-state index < -0.39 is 4.92 Å². The van der Waals surface area contributed by atoms with E-state index in [1.807, 2.05) is 14.1 Å². The van der Waals surface area contributed by atoms with Crippen LogP contribution in [0.15, 0.2) is 16.9 Å². The Morgan fingerprint density at radius 1 is 1.59 bits per heavy atom. The SMILES string of the molecule is COc1ncc([N+](=O)[O-])c(/C=C/N(C)C)c1Br. The zero-order chi connectivity index (χ0) is 13.0. The van der Waals surface area contributed by atoms with Crippen molar-refractivity contribution in [2.75, 3.05) is 21.2 Å². The lowest BCUT2D eigenvalue weighted by atomic mass is 10.2. The highest BCUT2D eigenvalue weighted by Gasteiger charge is 2.19. The molecule has 0 aliphatic carbocycles. The van der Waals surface area contributed by atoms with Gasteiger partial charge in [0.05, 0.1) is 22.1 Å². The summed E-state index contributed by atoms with van der Waals surface area (Å²) in [5.41, 5.74) is 0.353. The number of ether oxygens (including phenoxy) is 1. The molecular formula is C10H12BrN3O3. The van der Waals surface area contributed by atoms with E-state index in [4.69, 9.17) is 4.74 Å². The van der Waals surface area contributed by atoms with Gasteiger partial charge in [-0.15, -0.1) is 0 Å². The average Bonchev–Trinajstić information content (AvgIpc) is 2.26. The third-order valence-corrected chi connectivity index (χ3v) is 2.70. The van der Waals surface area contributed by atoms with E-state index >= 15 is 0 Å². The molecule has 0 unspecified atom stereocenters. The summed E-state index contributed by atoms with van der Waals surface area (Å²) in [5.74, 6) is 0.314. The molecule has 1 aromatic heterocycles. The Labute approximate surface area is 107 Å². The fourth-order valence-corrected chi connectivity index (χ4v) is 1.74. The zero-order valence-corrected chi connectivity index (χ0v) is 11.3. The van der Waals surface area contributed by atoms with Gasteiger partial charge >= 0.3 is 0 Å². The van der Waals surface area contributed by atoms with Crippen LogP contribution in [-0.2, 0) is 0 Å². The molecule has 0 amide bonds. The Morgan fingerprint density at radius 3 is 2.71 bits per heavy atom. The summed E-state index contributed by atoms with van der Waals surface area (Å²) in [5, 5.41) is 10.9. The molecule has 1 rings (SSSR count). The normalized spacial score (nSPS) is 10.6. The molecule has 0 saturated carbocycles. The largest absolute Gasteiger partial charge is 0.480 e. The second-order valence-corrected chi connectivity index (χ2v) is 4.21. The Balaban J connectivity index is 3.34. The molecule has 1 aromatic rings. The topological polar surface area (TPSA) is 68.5 Å². The fourth-order valence-electron chi connectivity index (χ4n) is 1.14. The molecule has 92 valence electrons. The van der Waals surface area contributed by atoms with Crippen molar-refractivity contribution < 1.29 is 9.66 Å². The van der Waals surface area contributed by atoms with Crippen molar-refractivity contribution in [3.05, 3.63) is 32.5 Å². The van der Waals surface area contributed by atoms with E-state index in [-0.39, 0.29) is 5.69 Å². The Kier molecular flexibility index (Phi) is 4.45. The van der Waals surface area contributed by atoms with E-state index in [1.54, 1.807) is 17.2 Å². The maximum atomic E-state index is 10.9. The number of hydrogen-bond donors (Lipinski definition) is 0. The van der Waals surface area contributed by atoms with Gasteiger partial charge < -0.3 is 9.64 Å².